The minimum absolute atomic E-state index is 0.246. The molecule has 7 heteroatoms. The standard InChI is InChI=1S/C26H28ClN3O3/c1-4-30(29-22-12-14-23(33-3)15-13-22)26(32)24(17-19-8-10-21(27)11-9-19)28-25(31)20-7-5-6-18(2)16-20/h5-16,24,29H,4,17H2,1-3H3,(H,28,31). The number of benzene rings is 3. The van der Waals surface area contributed by atoms with Crippen LogP contribution in [0.25, 0.3) is 0 Å². The van der Waals surface area contributed by atoms with Crippen molar-refractivity contribution in [3.63, 3.8) is 0 Å². The maximum absolute atomic E-state index is 13.5. The van der Waals surface area contributed by atoms with Gasteiger partial charge in [0.2, 0.25) is 0 Å². The average Bonchev–Trinajstić information content (AvgIpc) is 2.83. The topological polar surface area (TPSA) is 70.7 Å². The van der Waals surface area contributed by atoms with Crippen LogP contribution in [0.3, 0.4) is 0 Å². The molecule has 1 atom stereocenters. The number of nitrogens with zero attached hydrogens (tertiary/aromatic N) is 1. The zero-order valence-corrected chi connectivity index (χ0v) is 19.7. The number of hydrogen-bond acceptors (Lipinski definition) is 4. The summed E-state index contributed by atoms with van der Waals surface area (Å²) in [6.07, 6.45) is 0.328. The minimum Gasteiger partial charge on any atom is -0.497 e. The van der Waals surface area contributed by atoms with Gasteiger partial charge < -0.3 is 10.1 Å². The molecule has 0 saturated carbocycles. The number of likely N-dealkylation sites (N-methyl/N-ethyl adjacent to an activating group) is 1. The largest absolute Gasteiger partial charge is 0.497 e. The lowest BCUT2D eigenvalue weighted by Gasteiger charge is -2.28. The Labute approximate surface area is 199 Å². The Bertz CT molecular complexity index is 1080. The number of hydrazine groups is 1. The molecule has 1 unspecified atom stereocenters. The van der Waals surface area contributed by atoms with Gasteiger partial charge in [0.1, 0.15) is 11.8 Å². The van der Waals surface area contributed by atoms with E-state index in [9.17, 15) is 9.59 Å². The first-order valence-corrected chi connectivity index (χ1v) is 11.1. The van der Waals surface area contributed by atoms with Gasteiger partial charge in [0.15, 0.2) is 0 Å². The second kappa shape index (κ2) is 11.4. The van der Waals surface area contributed by atoms with Crippen LogP contribution < -0.4 is 15.5 Å². The molecule has 33 heavy (non-hydrogen) atoms. The molecule has 6 nitrogen and oxygen atoms in total. The number of methoxy groups -OCH3 is 1. The summed E-state index contributed by atoms with van der Waals surface area (Å²) in [6.45, 7) is 4.20. The Morgan fingerprint density at radius 3 is 2.33 bits per heavy atom. The molecule has 0 fully saturated rings. The summed E-state index contributed by atoms with van der Waals surface area (Å²) in [6, 6.07) is 21.0. The van der Waals surface area contributed by atoms with Crippen molar-refractivity contribution < 1.29 is 14.3 Å². The highest BCUT2D eigenvalue weighted by Gasteiger charge is 2.26. The molecule has 2 N–H and O–H groups in total. The lowest BCUT2D eigenvalue weighted by molar-refractivity contribution is -0.131. The fraction of sp³-hybridized carbons (Fsp3) is 0.231. The number of halogens is 1. The molecule has 0 saturated heterocycles. The molecular weight excluding hydrogens is 438 g/mol. The van der Waals surface area contributed by atoms with Crippen molar-refractivity contribution in [3.8, 4) is 5.75 Å². The summed E-state index contributed by atoms with van der Waals surface area (Å²) in [5, 5.41) is 5.03. The number of nitrogens with one attached hydrogen (secondary N) is 2. The number of aryl methyl sites for hydroxylation is 1. The fourth-order valence-electron chi connectivity index (χ4n) is 3.38. The zero-order chi connectivity index (χ0) is 23.8. The number of ether oxygens (including phenoxy) is 1. The van der Waals surface area contributed by atoms with Gasteiger partial charge in [-0.1, -0.05) is 41.4 Å². The van der Waals surface area contributed by atoms with Crippen LogP contribution in [0.1, 0.15) is 28.4 Å². The van der Waals surface area contributed by atoms with Gasteiger partial charge in [-0.25, -0.2) is 0 Å². The Balaban J connectivity index is 1.82. The molecule has 0 radical (unpaired) electrons. The first-order valence-electron chi connectivity index (χ1n) is 10.7. The number of hydrogen-bond donors (Lipinski definition) is 2. The number of amides is 2. The van der Waals surface area contributed by atoms with Crippen molar-refractivity contribution in [1.29, 1.82) is 0 Å². The third kappa shape index (κ3) is 6.73. The molecule has 172 valence electrons. The molecule has 2 amide bonds. The molecule has 0 aliphatic heterocycles. The molecule has 3 aromatic rings. The van der Waals surface area contributed by atoms with E-state index in [1.807, 2.05) is 62.4 Å². The first-order chi connectivity index (χ1) is 15.9. The molecule has 3 rings (SSSR count). The summed E-state index contributed by atoms with van der Waals surface area (Å²) in [4.78, 5) is 26.5. The lowest BCUT2D eigenvalue weighted by atomic mass is 10.0. The van der Waals surface area contributed by atoms with E-state index in [4.69, 9.17) is 16.3 Å². The number of carbonyl (C=O) groups excluding carboxylic acids is 2. The Morgan fingerprint density at radius 2 is 1.73 bits per heavy atom. The van der Waals surface area contributed by atoms with Gasteiger partial charge in [0.25, 0.3) is 11.8 Å². The summed E-state index contributed by atoms with van der Waals surface area (Å²) >= 11 is 6.01. The summed E-state index contributed by atoms with van der Waals surface area (Å²) in [7, 11) is 1.60. The minimum atomic E-state index is -0.773. The molecule has 3 aromatic carbocycles. The molecule has 0 spiro atoms. The monoisotopic (exact) mass is 465 g/mol. The molecule has 0 bridgehead atoms. The van der Waals surface area contributed by atoms with Gasteiger partial charge in [0.05, 0.1) is 12.8 Å². The SMILES string of the molecule is CCN(Nc1ccc(OC)cc1)C(=O)C(Cc1ccc(Cl)cc1)NC(=O)c1cccc(C)c1. The maximum Gasteiger partial charge on any atom is 0.263 e. The smallest absolute Gasteiger partial charge is 0.263 e. The van der Waals surface area contributed by atoms with E-state index < -0.39 is 6.04 Å². The molecule has 0 aromatic heterocycles. The lowest BCUT2D eigenvalue weighted by Crippen LogP contribution is -2.51. The van der Waals surface area contributed by atoms with E-state index in [0.29, 0.717) is 23.6 Å². The van der Waals surface area contributed by atoms with Crippen molar-refractivity contribution in [1.82, 2.24) is 10.3 Å². The van der Waals surface area contributed by atoms with Crippen molar-refractivity contribution in [2.75, 3.05) is 19.1 Å². The van der Waals surface area contributed by atoms with Crippen LogP contribution in [0.5, 0.6) is 5.75 Å². The summed E-state index contributed by atoms with van der Waals surface area (Å²) < 4.78 is 5.19. The van der Waals surface area contributed by atoms with Gasteiger partial charge in [-0.2, -0.15) is 0 Å². The van der Waals surface area contributed by atoms with Crippen molar-refractivity contribution in [3.05, 3.63) is 94.5 Å². The van der Waals surface area contributed by atoms with Crippen LogP contribution in [0.15, 0.2) is 72.8 Å². The number of anilines is 1. The molecule has 0 aliphatic carbocycles. The van der Waals surface area contributed by atoms with Crippen LogP contribution in [-0.4, -0.2) is 36.5 Å². The first kappa shape index (κ1) is 24.1. The van der Waals surface area contributed by atoms with Gasteiger partial charge >= 0.3 is 0 Å². The van der Waals surface area contributed by atoms with E-state index in [1.165, 1.54) is 5.01 Å². The van der Waals surface area contributed by atoms with Crippen molar-refractivity contribution >= 4 is 29.1 Å². The van der Waals surface area contributed by atoms with Crippen LogP contribution in [0.4, 0.5) is 5.69 Å². The van der Waals surface area contributed by atoms with Gasteiger partial charge in [0, 0.05) is 23.6 Å². The van der Waals surface area contributed by atoms with Crippen LogP contribution in [0.2, 0.25) is 5.02 Å². The molecular formula is C26H28ClN3O3. The van der Waals surface area contributed by atoms with E-state index >= 15 is 0 Å². The second-order valence-corrected chi connectivity index (χ2v) is 8.09. The van der Waals surface area contributed by atoms with Crippen molar-refractivity contribution in [2.24, 2.45) is 0 Å². The van der Waals surface area contributed by atoms with Gasteiger partial charge in [-0.15, -0.1) is 0 Å². The predicted octanol–water partition coefficient (Wildman–Crippen LogP) is 4.87. The highest BCUT2D eigenvalue weighted by molar-refractivity contribution is 6.30. The Morgan fingerprint density at radius 1 is 1.03 bits per heavy atom. The van der Waals surface area contributed by atoms with E-state index in [-0.39, 0.29) is 11.8 Å². The Hall–Kier alpha value is -3.51. The van der Waals surface area contributed by atoms with E-state index in [2.05, 4.69) is 10.7 Å². The van der Waals surface area contributed by atoms with Crippen molar-refractivity contribution in [2.45, 2.75) is 26.3 Å². The van der Waals surface area contributed by atoms with Crippen LogP contribution in [0, 0.1) is 6.92 Å². The highest BCUT2D eigenvalue weighted by atomic mass is 35.5. The predicted molar refractivity (Wildman–Crippen MR) is 132 cm³/mol. The third-order valence-corrected chi connectivity index (χ3v) is 5.43. The zero-order valence-electron chi connectivity index (χ0n) is 19.0. The summed E-state index contributed by atoms with van der Waals surface area (Å²) in [5.41, 5.74) is 6.24. The van der Waals surface area contributed by atoms with Crippen LogP contribution >= 0.6 is 11.6 Å². The molecule has 0 aliphatic rings. The highest BCUT2D eigenvalue weighted by Crippen LogP contribution is 2.17. The van der Waals surface area contributed by atoms with Crippen LogP contribution in [-0.2, 0) is 11.2 Å². The number of carbonyl (C=O) groups is 2. The maximum atomic E-state index is 13.5. The average molecular weight is 466 g/mol. The Kier molecular flexibility index (Phi) is 8.33. The second-order valence-electron chi connectivity index (χ2n) is 7.65. The third-order valence-electron chi connectivity index (χ3n) is 5.17. The van der Waals surface area contributed by atoms with E-state index in [0.717, 1.165) is 22.6 Å². The van der Waals surface area contributed by atoms with E-state index in [1.54, 1.807) is 31.4 Å². The normalized spacial score (nSPS) is 11.4. The number of rotatable bonds is 9. The fourth-order valence-corrected chi connectivity index (χ4v) is 3.51. The van der Waals surface area contributed by atoms with Gasteiger partial charge in [-0.05, 0) is 67.9 Å². The molecule has 0 heterocycles. The van der Waals surface area contributed by atoms with Gasteiger partial charge in [-0.3, -0.25) is 20.0 Å². The quantitative estimate of drug-likeness (QED) is 0.442. The summed E-state index contributed by atoms with van der Waals surface area (Å²) in [5.74, 6) is 0.178.